The molecule has 0 saturated carbocycles. The molecule has 0 aliphatic carbocycles. The van der Waals surface area contributed by atoms with Crippen LogP contribution in [0.1, 0.15) is 29.0 Å². The Morgan fingerprint density at radius 2 is 2.00 bits per heavy atom. The van der Waals surface area contributed by atoms with E-state index in [0.29, 0.717) is 6.04 Å². The summed E-state index contributed by atoms with van der Waals surface area (Å²) in [6.45, 7) is 3.04. The SMILES string of the molecule is CC(c1cccs1)N(C)Cc1ccc(C#CCO)cc1. The summed E-state index contributed by atoms with van der Waals surface area (Å²) in [7, 11) is 2.14. The average Bonchev–Trinajstić information content (AvgIpc) is 3.00. The van der Waals surface area contributed by atoms with Crippen molar-refractivity contribution in [2.45, 2.75) is 19.5 Å². The maximum Gasteiger partial charge on any atom is 0.104 e. The zero-order valence-corrected chi connectivity index (χ0v) is 12.7. The van der Waals surface area contributed by atoms with Crippen molar-refractivity contribution in [2.24, 2.45) is 0 Å². The molecule has 1 heterocycles. The lowest BCUT2D eigenvalue weighted by Crippen LogP contribution is -2.21. The summed E-state index contributed by atoms with van der Waals surface area (Å²) in [6.07, 6.45) is 0. The molecule has 0 aliphatic rings. The highest BCUT2D eigenvalue weighted by atomic mass is 32.1. The van der Waals surface area contributed by atoms with Gasteiger partial charge in [0.25, 0.3) is 0 Å². The van der Waals surface area contributed by atoms with Crippen molar-refractivity contribution in [3.05, 3.63) is 57.8 Å². The van der Waals surface area contributed by atoms with E-state index in [-0.39, 0.29) is 6.61 Å². The van der Waals surface area contributed by atoms with Crippen molar-refractivity contribution in [3.63, 3.8) is 0 Å². The number of rotatable bonds is 4. The molecule has 0 bridgehead atoms. The lowest BCUT2D eigenvalue weighted by molar-refractivity contribution is 0.256. The zero-order chi connectivity index (χ0) is 14.4. The molecule has 1 N–H and O–H groups in total. The molecule has 1 aromatic carbocycles. The zero-order valence-electron chi connectivity index (χ0n) is 11.8. The summed E-state index contributed by atoms with van der Waals surface area (Å²) in [5.41, 5.74) is 2.21. The van der Waals surface area contributed by atoms with E-state index in [9.17, 15) is 0 Å². The van der Waals surface area contributed by atoms with Crippen molar-refractivity contribution < 1.29 is 5.11 Å². The van der Waals surface area contributed by atoms with E-state index in [1.54, 1.807) is 11.3 Å². The van der Waals surface area contributed by atoms with Gasteiger partial charge >= 0.3 is 0 Å². The molecule has 1 unspecified atom stereocenters. The quantitative estimate of drug-likeness (QED) is 0.871. The largest absolute Gasteiger partial charge is 0.384 e. The van der Waals surface area contributed by atoms with E-state index < -0.39 is 0 Å². The number of aliphatic hydroxyl groups is 1. The van der Waals surface area contributed by atoms with E-state index in [0.717, 1.165) is 12.1 Å². The van der Waals surface area contributed by atoms with Gasteiger partial charge in [-0.3, -0.25) is 4.90 Å². The molecule has 0 spiro atoms. The number of aliphatic hydroxyl groups excluding tert-OH is 1. The molecule has 0 saturated heterocycles. The summed E-state index contributed by atoms with van der Waals surface area (Å²) in [5, 5.41) is 10.8. The molecule has 0 fully saturated rings. The standard InChI is InChI=1S/C17H19NOS/c1-14(17-6-4-12-20-17)18(2)13-16-9-7-15(8-10-16)5-3-11-19/h4,6-10,12,14,19H,11,13H2,1-2H3. The Kier molecular flexibility index (Phi) is 5.37. The van der Waals surface area contributed by atoms with Crippen LogP contribution in [0.5, 0.6) is 0 Å². The first-order chi connectivity index (χ1) is 9.70. The second kappa shape index (κ2) is 7.25. The van der Waals surface area contributed by atoms with Gasteiger partial charge in [0.05, 0.1) is 0 Å². The van der Waals surface area contributed by atoms with Crippen molar-refractivity contribution in [1.82, 2.24) is 4.90 Å². The molecule has 104 valence electrons. The second-order valence-electron chi connectivity index (χ2n) is 4.76. The van der Waals surface area contributed by atoms with Gasteiger partial charge in [-0.2, -0.15) is 0 Å². The predicted octanol–water partition coefficient (Wildman–Crippen LogP) is 3.28. The Hall–Kier alpha value is -1.60. The molecule has 3 heteroatoms. The summed E-state index contributed by atoms with van der Waals surface area (Å²) < 4.78 is 0. The number of benzene rings is 1. The highest BCUT2D eigenvalue weighted by Crippen LogP contribution is 2.24. The van der Waals surface area contributed by atoms with Crippen LogP contribution in [0.3, 0.4) is 0 Å². The van der Waals surface area contributed by atoms with Gasteiger partial charge in [0.2, 0.25) is 0 Å². The molecule has 1 atom stereocenters. The number of nitrogens with zero attached hydrogens (tertiary/aromatic N) is 1. The van der Waals surface area contributed by atoms with E-state index >= 15 is 0 Å². The monoisotopic (exact) mass is 285 g/mol. The normalized spacial score (nSPS) is 12.0. The highest BCUT2D eigenvalue weighted by Gasteiger charge is 2.12. The van der Waals surface area contributed by atoms with Crippen LogP contribution in [0.15, 0.2) is 41.8 Å². The van der Waals surface area contributed by atoms with Gasteiger partial charge in [0, 0.05) is 23.0 Å². The highest BCUT2D eigenvalue weighted by molar-refractivity contribution is 7.10. The van der Waals surface area contributed by atoms with Gasteiger partial charge < -0.3 is 5.11 Å². The third-order valence-electron chi connectivity index (χ3n) is 3.31. The molecular weight excluding hydrogens is 266 g/mol. The van der Waals surface area contributed by atoms with Crippen molar-refractivity contribution in [3.8, 4) is 11.8 Å². The number of hydrogen-bond acceptors (Lipinski definition) is 3. The molecule has 1 aromatic heterocycles. The van der Waals surface area contributed by atoms with Crippen LogP contribution >= 0.6 is 11.3 Å². The van der Waals surface area contributed by atoms with E-state index in [1.165, 1.54) is 10.4 Å². The summed E-state index contributed by atoms with van der Waals surface area (Å²) in [4.78, 5) is 3.72. The molecule has 20 heavy (non-hydrogen) atoms. The van der Waals surface area contributed by atoms with Crippen molar-refractivity contribution in [2.75, 3.05) is 13.7 Å². The fourth-order valence-electron chi connectivity index (χ4n) is 2.01. The van der Waals surface area contributed by atoms with Crippen LogP contribution < -0.4 is 0 Å². The Labute approximate surface area is 124 Å². The second-order valence-corrected chi connectivity index (χ2v) is 5.74. The Morgan fingerprint density at radius 3 is 2.60 bits per heavy atom. The van der Waals surface area contributed by atoms with Gasteiger partial charge in [-0.05, 0) is 43.1 Å². The molecule has 0 aliphatic heterocycles. The van der Waals surface area contributed by atoms with Crippen LogP contribution in [-0.2, 0) is 6.54 Å². The Balaban J connectivity index is 1.99. The number of hydrogen-bond donors (Lipinski definition) is 1. The summed E-state index contributed by atoms with van der Waals surface area (Å²) >= 11 is 1.80. The first-order valence-electron chi connectivity index (χ1n) is 6.63. The minimum absolute atomic E-state index is 0.0944. The first-order valence-corrected chi connectivity index (χ1v) is 7.51. The minimum atomic E-state index is -0.0944. The van der Waals surface area contributed by atoms with Crippen molar-refractivity contribution in [1.29, 1.82) is 0 Å². The molecule has 0 radical (unpaired) electrons. The minimum Gasteiger partial charge on any atom is -0.384 e. The van der Waals surface area contributed by atoms with Gasteiger partial charge in [-0.1, -0.05) is 30.0 Å². The van der Waals surface area contributed by atoms with E-state index in [1.807, 2.05) is 12.1 Å². The van der Waals surface area contributed by atoms with Gasteiger partial charge in [0.15, 0.2) is 0 Å². The smallest absolute Gasteiger partial charge is 0.104 e. The molecule has 2 aromatic rings. The fraction of sp³-hybridized carbons (Fsp3) is 0.294. The predicted molar refractivity (Wildman–Crippen MR) is 84.6 cm³/mol. The van der Waals surface area contributed by atoms with Crippen LogP contribution in [0.2, 0.25) is 0 Å². The number of thiophene rings is 1. The Morgan fingerprint density at radius 1 is 1.25 bits per heavy atom. The van der Waals surface area contributed by atoms with Crippen LogP contribution in [0, 0.1) is 11.8 Å². The van der Waals surface area contributed by atoms with Crippen molar-refractivity contribution >= 4 is 11.3 Å². The lowest BCUT2D eigenvalue weighted by atomic mass is 10.1. The molecular formula is C17H19NOS. The molecule has 2 nitrogen and oxygen atoms in total. The van der Waals surface area contributed by atoms with Gasteiger partial charge in [-0.15, -0.1) is 11.3 Å². The van der Waals surface area contributed by atoms with Crippen LogP contribution in [0.4, 0.5) is 0 Å². The molecule has 2 rings (SSSR count). The van der Waals surface area contributed by atoms with E-state index in [2.05, 4.69) is 60.4 Å². The topological polar surface area (TPSA) is 23.5 Å². The lowest BCUT2D eigenvalue weighted by Gasteiger charge is -2.23. The fourth-order valence-corrected chi connectivity index (χ4v) is 2.85. The summed E-state index contributed by atoms with van der Waals surface area (Å²) in [6, 6.07) is 12.9. The third kappa shape index (κ3) is 3.94. The Bertz CT molecular complexity index is 578. The maximum atomic E-state index is 8.67. The maximum absolute atomic E-state index is 8.67. The van der Waals surface area contributed by atoms with Crippen LogP contribution in [0.25, 0.3) is 0 Å². The van der Waals surface area contributed by atoms with E-state index in [4.69, 9.17) is 5.11 Å². The third-order valence-corrected chi connectivity index (χ3v) is 4.36. The van der Waals surface area contributed by atoms with Crippen LogP contribution in [-0.4, -0.2) is 23.7 Å². The average molecular weight is 285 g/mol. The first kappa shape index (κ1) is 14.8. The van der Waals surface area contributed by atoms with Gasteiger partial charge in [0.1, 0.15) is 6.61 Å². The summed E-state index contributed by atoms with van der Waals surface area (Å²) in [5.74, 6) is 5.57. The molecule has 0 amide bonds. The van der Waals surface area contributed by atoms with Gasteiger partial charge in [-0.25, -0.2) is 0 Å².